The van der Waals surface area contributed by atoms with E-state index >= 15 is 0 Å². The van der Waals surface area contributed by atoms with Gasteiger partial charge in [-0.3, -0.25) is 0 Å². The van der Waals surface area contributed by atoms with Crippen LogP contribution in [0.3, 0.4) is 0 Å². The van der Waals surface area contributed by atoms with Crippen LogP contribution in [-0.2, 0) is 9.53 Å². The Bertz CT molecular complexity index is 378. The molecule has 0 spiro atoms. The average molecular weight is 278 g/mol. The van der Waals surface area contributed by atoms with Crippen molar-refractivity contribution in [2.45, 2.75) is 51.4 Å². The minimum absolute atomic E-state index is 0.253. The number of aliphatic hydroxyl groups excluding tert-OH is 1. The van der Waals surface area contributed by atoms with Gasteiger partial charge in [0.25, 0.3) is 0 Å². The lowest BCUT2D eigenvalue weighted by Gasteiger charge is -2.03. The third-order valence-electron chi connectivity index (χ3n) is 2.83. The average Bonchev–Trinajstić information content (AvgIpc) is 2.46. The molecule has 0 unspecified atom stereocenters. The first kappa shape index (κ1) is 18.1. The van der Waals surface area contributed by atoms with Gasteiger partial charge in [-0.15, -0.1) is 0 Å². The molecule has 110 valence electrons. The van der Waals surface area contributed by atoms with E-state index in [9.17, 15) is 4.79 Å². The second kappa shape index (κ2) is 13.6. The monoisotopic (exact) mass is 278 g/mol. The zero-order valence-corrected chi connectivity index (χ0v) is 11.8. The highest BCUT2D eigenvalue weighted by molar-refractivity contribution is 5.93. The fourth-order valence-electron chi connectivity index (χ4n) is 1.72. The molecular formula is C15H22N2O3. The van der Waals surface area contributed by atoms with Gasteiger partial charge in [0.2, 0.25) is 0 Å². The van der Waals surface area contributed by atoms with E-state index in [0.29, 0.717) is 0 Å². The van der Waals surface area contributed by atoms with Crippen LogP contribution in [0, 0.1) is 22.7 Å². The molecule has 0 aliphatic heterocycles. The smallest absolute Gasteiger partial charge is 0.349 e. The van der Waals surface area contributed by atoms with Crippen molar-refractivity contribution in [1.82, 2.24) is 0 Å². The number of nitriles is 2. The molecule has 0 saturated heterocycles. The third-order valence-corrected chi connectivity index (χ3v) is 2.83. The number of aliphatic hydroxyl groups is 1. The molecule has 0 heterocycles. The van der Waals surface area contributed by atoms with Crippen LogP contribution in [0.25, 0.3) is 0 Å². The molecule has 0 aromatic rings. The number of allylic oxidation sites excluding steroid dienone is 1. The van der Waals surface area contributed by atoms with Crippen molar-refractivity contribution < 1.29 is 14.6 Å². The summed E-state index contributed by atoms with van der Waals surface area (Å²) in [6.45, 7) is 0.560. The van der Waals surface area contributed by atoms with Gasteiger partial charge in [-0.1, -0.05) is 38.5 Å². The van der Waals surface area contributed by atoms with Crippen molar-refractivity contribution in [2.24, 2.45) is 0 Å². The second-order valence-corrected chi connectivity index (χ2v) is 4.49. The maximum absolute atomic E-state index is 11.3. The van der Waals surface area contributed by atoms with Gasteiger partial charge in [-0.05, 0) is 12.8 Å². The van der Waals surface area contributed by atoms with Crippen molar-refractivity contribution in [2.75, 3.05) is 13.2 Å². The lowest BCUT2D eigenvalue weighted by atomic mass is 10.1. The van der Waals surface area contributed by atoms with Gasteiger partial charge in [0.1, 0.15) is 11.6 Å². The van der Waals surface area contributed by atoms with Crippen LogP contribution in [0.1, 0.15) is 51.4 Å². The molecule has 20 heavy (non-hydrogen) atoms. The van der Waals surface area contributed by atoms with Crippen molar-refractivity contribution in [3.63, 3.8) is 0 Å². The third kappa shape index (κ3) is 10.1. The molecule has 0 saturated carbocycles. The number of unbranched alkanes of at least 4 members (excludes halogenated alkanes) is 7. The summed E-state index contributed by atoms with van der Waals surface area (Å²) in [7, 11) is 0. The van der Waals surface area contributed by atoms with Gasteiger partial charge < -0.3 is 9.84 Å². The van der Waals surface area contributed by atoms with E-state index in [1.807, 2.05) is 0 Å². The molecule has 0 rings (SSSR count). The molecule has 0 aliphatic rings. The predicted molar refractivity (Wildman–Crippen MR) is 74.3 cm³/mol. The van der Waals surface area contributed by atoms with Crippen LogP contribution >= 0.6 is 0 Å². The zero-order chi connectivity index (χ0) is 15.1. The molecule has 0 atom stereocenters. The minimum atomic E-state index is -0.724. The van der Waals surface area contributed by atoms with E-state index < -0.39 is 5.97 Å². The normalized spacial score (nSPS) is 10.7. The number of rotatable bonds is 11. The van der Waals surface area contributed by atoms with Gasteiger partial charge in [-0.25, -0.2) is 4.79 Å². The number of nitrogens with zero attached hydrogens (tertiary/aromatic N) is 2. The van der Waals surface area contributed by atoms with E-state index in [1.54, 1.807) is 12.1 Å². The summed E-state index contributed by atoms with van der Waals surface area (Å²) in [6.07, 6.45) is 9.18. The Morgan fingerprint density at radius 1 is 1.00 bits per heavy atom. The van der Waals surface area contributed by atoms with E-state index in [2.05, 4.69) is 0 Å². The molecule has 5 nitrogen and oxygen atoms in total. The molecule has 0 aromatic carbocycles. The fourth-order valence-corrected chi connectivity index (χ4v) is 1.72. The molecule has 0 amide bonds. The Morgan fingerprint density at radius 2 is 1.55 bits per heavy atom. The first-order valence-corrected chi connectivity index (χ1v) is 7.04. The fraction of sp³-hybridized carbons (Fsp3) is 0.667. The van der Waals surface area contributed by atoms with E-state index in [-0.39, 0.29) is 18.8 Å². The van der Waals surface area contributed by atoms with Crippen LogP contribution in [0.2, 0.25) is 0 Å². The summed E-state index contributed by atoms with van der Waals surface area (Å²) in [6, 6.07) is 3.27. The molecule has 0 bridgehead atoms. The molecule has 0 aromatic heterocycles. The molecular weight excluding hydrogens is 256 g/mol. The van der Waals surface area contributed by atoms with Crippen molar-refractivity contribution in [3.8, 4) is 12.1 Å². The van der Waals surface area contributed by atoms with Crippen LogP contribution in [0.4, 0.5) is 0 Å². The first-order valence-electron chi connectivity index (χ1n) is 7.04. The van der Waals surface area contributed by atoms with Crippen molar-refractivity contribution in [3.05, 3.63) is 11.6 Å². The molecule has 0 fully saturated rings. The van der Waals surface area contributed by atoms with Crippen molar-refractivity contribution >= 4 is 5.97 Å². The Hall–Kier alpha value is -1.85. The zero-order valence-electron chi connectivity index (χ0n) is 11.8. The number of carbonyl (C=O) groups excluding carboxylic acids is 1. The van der Waals surface area contributed by atoms with E-state index in [4.69, 9.17) is 20.4 Å². The predicted octanol–water partition coefficient (Wildman–Crippen LogP) is 2.62. The van der Waals surface area contributed by atoms with E-state index in [1.165, 1.54) is 6.42 Å². The summed E-state index contributed by atoms with van der Waals surface area (Å²) in [4.78, 5) is 11.3. The molecule has 0 aliphatic carbocycles. The second-order valence-electron chi connectivity index (χ2n) is 4.49. The highest BCUT2D eigenvalue weighted by Gasteiger charge is 2.09. The van der Waals surface area contributed by atoms with E-state index in [0.717, 1.165) is 51.0 Å². The Kier molecular flexibility index (Phi) is 12.3. The maximum atomic E-state index is 11.3. The summed E-state index contributed by atoms with van der Waals surface area (Å²) in [5, 5.41) is 25.6. The van der Waals surface area contributed by atoms with Gasteiger partial charge in [0.05, 0.1) is 12.7 Å². The number of esters is 1. The molecule has 5 heteroatoms. The number of ether oxygens (including phenoxy) is 1. The first-order chi connectivity index (χ1) is 9.76. The van der Waals surface area contributed by atoms with Gasteiger partial charge in [0, 0.05) is 12.7 Å². The summed E-state index contributed by atoms with van der Waals surface area (Å²) in [5.41, 5.74) is -0.253. The Morgan fingerprint density at radius 3 is 2.05 bits per heavy atom. The minimum Gasteiger partial charge on any atom is -0.462 e. The topological polar surface area (TPSA) is 94.1 Å². The van der Waals surface area contributed by atoms with Crippen molar-refractivity contribution in [1.29, 1.82) is 10.5 Å². The van der Waals surface area contributed by atoms with Crippen LogP contribution in [-0.4, -0.2) is 24.3 Å². The highest BCUT2D eigenvalue weighted by atomic mass is 16.5. The lowest BCUT2D eigenvalue weighted by molar-refractivity contribution is -0.138. The number of carbonyl (C=O) groups is 1. The van der Waals surface area contributed by atoms with Gasteiger partial charge in [-0.2, -0.15) is 10.5 Å². The molecule has 0 radical (unpaired) electrons. The van der Waals surface area contributed by atoms with Crippen LogP contribution < -0.4 is 0 Å². The maximum Gasteiger partial charge on any atom is 0.349 e. The summed E-state index contributed by atoms with van der Waals surface area (Å²) in [5.74, 6) is -0.724. The standard InChI is InChI=1S/C15H22N2O3/c16-10-9-14(13-17)15(19)20-12-8-6-4-2-1-3-5-7-11-18/h9,18H,1-8,11-12H2/b14-9-. The largest absolute Gasteiger partial charge is 0.462 e. The lowest BCUT2D eigenvalue weighted by Crippen LogP contribution is -2.07. The SMILES string of the molecule is N#C/C=C(/C#N)C(=O)OCCCCCCCCCCO. The number of hydrogen-bond acceptors (Lipinski definition) is 5. The molecule has 1 N–H and O–H groups in total. The Balaban J connectivity index is 3.45. The summed E-state index contributed by atoms with van der Waals surface area (Å²) >= 11 is 0. The Labute approximate surface area is 120 Å². The quantitative estimate of drug-likeness (QED) is 0.271. The van der Waals surface area contributed by atoms with Crippen LogP contribution in [0.15, 0.2) is 11.6 Å². The number of hydrogen-bond donors (Lipinski definition) is 1. The van der Waals surface area contributed by atoms with Crippen LogP contribution in [0.5, 0.6) is 0 Å². The summed E-state index contributed by atoms with van der Waals surface area (Å²) < 4.78 is 4.90. The van der Waals surface area contributed by atoms with Gasteiger partial charge >= 0.3 is 5.97 Å². The highest BCUT2D eigenvalue weighted by Crippen LogP contribution is 2.08. The van der Waals surface area contributed by atoms with Gasteiger partial charge in [0.15, 0.2) is 0 Å².